The quantitative estimate of drug-likeness (QED) is 0.804. The second-order valence-electron chi connectivity index (χ2n) is 7.65. The number of carbonyl (C=O) groups excluding carboxylic acids is 1. The summed E-state index contributed by atoms with van der Waals surface area (Å²) < 4.78 is 2.51. The van der Waals surface area contributed by atoms with Crippen molar-refractivity contribution < 1.29 is 4.79 Å². The van der Waals surface area contributed by atoms with Crippen LogP contribution >= 0.6 is 12.2 Å². The first-order valence-electron chi connectivity index (χ1n) is 9.86. The molecule has 7 heteroatoms. The maximum Gasteiger partial charge on any atom is 0.224 e. The average Bonchev–Trinajstić information content (AvgIpc) is 3.40. The molecule has 144 valence electrons. The van der Waals surface area contributed by atoms with Gasteiger partial charge < -0.3 is 4.90 Å². The number of nitrogens with zero attached hydrogens (tertiary/aromatic N) is 4. The minimum absolute atomic E-state index is 0.218. The molecule has 1 aromatic heterocycles. The van der Waals surface area contributed by atoms with Crippen LogP contribution in [0.3, 0.4) is 0 Å². The molecular formula is C20H27N5OS. The van der Waals surface area contributed by atoms with E-state index in [4.69, 9.17) is 12.2 Å². The van der Waals surface area contributed by atoms with Gasteiger partial charge in [0, 0.05) is 37.7 Å². The number of aromatic amines is 1. The molecule has 1 N–H and O–H groups in total. The number of carbonyl (C=O) groups is 1. The third kappa shape index (κ3) is 3.99. The van der Waals surface area contributed by atoms with Gasteiger partial charge in [-0.15, -0.1) is 0 Å². The Hall–Kier alpha value is -1.99. The molecule has 0 saturated carbocycles. The Morgan fingerprint density at radius 1 is 1.30 bits per heavy atom. The first kappa shape index (κ1) is 18.4. The number of aromatic nitrogens is 3. The number of rotatable bonds is 5. The van der Waals surface area contributed by atoms with Gasteiger partial charge in [0.25, 0.3) is 0 Å². The summed E-state index contributed by atoms with van der Waals surface area (Å²) in [5.41, 5.74) is 2.19. The van der Waals surface area contributed by atoms with Crippen molar-refractivity contribution in [1.29, 1.82) is 0 Å². The molecule has 1 amide bonds. The average molecular weight is 386 g/mol. The predicted molar refractivity (Wildman–Crippen MR) is 108 cm³/mol. The molecule has 2 aromatic rings. The van der Waals surface area contributed by atoms with E-state index in [1.165, 1.54) is 31.5 Å². The van der Waals surface area contributed by atoms with E-state index in [-0.39, 0.29) is 5.91 Å². The zero-order valence-electron chi connectivity index (χ0n) is 15.9. The lowest BCUT2D eigenvalue weighted by Gasteiger charge is -2.23. The van der Waals surface area contributed by atoms with Gasteiger partial charge in [0.15, 0.2) is 10.6 Å². The van der Waals surface area contributed by atoms with Crippen molar-refractivity contribution in [3.05, 3.63) is 34.6 Å². The molecule has 1 atom stereocenters. The lowest BCUT2D eigenvalue weighted by atomic mass is 10.1. The van der Waals surface area contributed by atoms with Gasteiger partial charge in [-0.2, -0.15) is 5.10 Å². The van der Waals surface area contributed by atoms with Crippen molar-refractivity contribution in [3.8, 4) is 11.4 Å². The van der Waals surface area contributed by atoms with Crippen LogP contribution < -0.4 is 0 Å². The lowest BCUT2D eigenvalue weighted by Crippen LogP contribution is -2.37. The standard InChI is InChI=1S/C20H27N5OS/c1-15-5-4-6-16(13-15)19-21-22-20(27)25(19)12-8-18(26)24-11-7-17(14-24)23-9-2-3-10-23/h4-6,13,17H,2-3,7-12,14H2,1H3,(H,22,27). The predicted octanol–water partition coefficient (Wildman–Crippen LogP) is 3.00. The molecule has 27 heavy (non-hydrogen) atoms. The molecule has 0 radical (unpaired) electrons. The Morgan fingerprint density at radius 3 is 2.89 bits per heavy atom. The lowest BCUT2D eigenvalue weighted by molar-refractivity contribution is -0.130. The summed E-state index contributed by atoms with van der Waals surface area (Å²) in [6.07, 6.45) is 4.15. The van der Waals surface area contributed by atoms with Crippen LogP contribution in [0, 0.1) is 11.7 Å². The van der Waals surface area contributed by atoms with E-state index >= 15 is 0 Å². The first-order chi connectivity index (χ1) is 13.1. The monoisotopic (exact) mass is 385 g/mol. The topological polar surface area (TPSA) is 57.2 Å². The van der Waals surface area contributed by atoms with Gasteiger partial charge in [-0.05, 0) is 57.6 Å². The van der Waals surface area contributed by atoms with Gasteiger partial charge in [0.1, 0.15) is 0 Å². The molecular weight excluding hydrogens is 358 g/mol. The smallest absolute Gasteiger partial charge is 0.224 e. The highest BCUT2D eigenvalue weighted by molar-refractivity contribution is 7.71. The first-order valence-corrected chi connectivity index (χ1v) is 10.3. The van der Waals surface area contributed by atoms with Crippen molar-refractivity contribution in [3.63, 3.8) is 0 Å². The molecule has 6 nitrogen and oxygen atoms in total. The van der Waals surface area contributed by atoms with Gasteiger partial charge in [-0.1, -0.05) is 23.8 Å². The van der Waals surface area contributed by atoms with E-state index in [2.05, 4.69) is 34.2 Å². The number of aryl methyl sites for hydroxylation is 1. The minimum atomic E-state index is 0.218. The van der Waals surface area contributed by atoms with Gasteiger partial charge >= 0.3 is 0 Å². The fourth-order valence-electron chi connectivity index (χ4n) is 4.27. The highest BCUT2D eigenvalue weighted by Crippen LogP contribution is 2.22. The normalized spacial score (nSPS) is 20.5. The van der Waals surface area contributed by atoms with E-state index in [0.717, 1.165) is 30.9 Å². The molecule has 2 fully saturated rings. The van der Waals surface area contributed by atoms with Gasteiger partial charge in [-0.3, -0.25) is 19.4 Å². The zero-order valence-corrected chi connectivity index (χ0v) is 16.7. The second kappa shape index (κ2) is 7.94. The molecule has 0 bridgehead atoms. The summed E-state index contributed by atoms with van der Waals surface area (Å²) in [6.45, 7) is 6.75. The number of amides is 1. The SMILES string of the molecule is Cc1cccc(-c2n[nH]c(=S)n2CCC(=O)N2CCC(N3CCCC3)C2)c1. The summed E-state index contributed by atoms with van der Waals surface area (Å²) >= 11 is 5.40. The van der Waals surface area contributed by atoms with Crippen LogP contribution in [0.25, 0.3) is 11.4 Å². The van der Waals surface area contributed by atoms with Gasteiger partial charge in [-0.25, -0.2) is 0 Å². The zero-order chi connectivity index (χ0) is 18.8. The van der Waals surface area contributed by atoms with Crippen LogP contribution in [0.1, 0.15) is 31.2 Å². The Labute approximate surface area is 165 Å². The summed E-state index contributed by atoms with van der Waals surface area (Å²) in [6, 6.07) is 8.74. The number of nitrogens with one attached hydrogen (secondary N) is 1. The Morgan fingerprint density at radius 2 is 2.11 bits per heavy atom. The maximum absolute atomic E-state index is 12.7. The number of H-pyrrole nitrogens is 1. The van der Waals surface area contributed by atoms with E-state index in [1.807, 2.05) is 21.6 Å². The van der Waals surface area contributed by atoms with Crippen molar-refractivity contribution >= 4 is 18.1 Å². The summed E-state index contributed by atoms with van der Waals surface area (Å²) in [5.74, 6) is 1.02. The molecule has 3 heterocycles. The third-order valence-corrected chi connectivity index (χ3v) is 6.07. The summed E-state index contributed by atoms with van der Waals surface area (Å²) in [5, 5.41) is 7.26. The van der Waals surface area contributed by atoms with Crippen LogP contribution in [-0.2, 0) is 11.3 Å². The van der Waals surface area contributed by atoms with E-state index < -0.39 is 0 Å². The fourth-order valence-corrected chi connectivity index (χ4v) is 4.49. The van der Waals surface area contributed by atoms with Crippen molar-refractivity contribution in [2.24, 2.45) is 0 Å². The fraction of sp³-hybridized carbons (Fsp3) is 0.550. The number of likely N-dealkylation sites (tertiary alicyclic amines) is 2. The van der Waals surface area contributed by atoms with E-state index in [0.29, 0.717) is 23.8 Å². The number of benzene rings is 1. The molecule has 1 aromatic carbocycles. The third-order valence-electron chi connectivity index (χ3n) is 5.76. The van der Waals surface area contributed by atoms with E-state index in [1.54, 1.807) is 0 Å². The van der Waals surface area contributed by atoms with Crippen molar-refractivity contribution in [2.45, 2.75) is 45.2 Å². The van der Waals surface area contributed by atoms with Crippen LogP contribution in [0.15, 0.2) is 24.3 Å². The second-order valence-corrected chi connectivity index (χ2v) is 8.04. The largest absolute Gasteiger partial charge is 0.341 e. The minimum Gasteiger partial charge on any atom is -0.341 e. The number of hydrogen-bond donors (Lipinski definition) is 1. The Kier molecular flexibility index (Phi) is 5.41. The molecule has 4 rings (SSSR count). The van der Waals surface area contributed by atoms with Crippen LogP contribution in [0.5, 0.6) is 0 Å². The van der Waals surface area contributed by atoms with E-state index in [9.17, 15) is 4.79 Å². The summed E-state index contributed by atoms with van der Waals surface area (Å²) in [4.78, 5) is 17.3. The van der Waals surface area contributed by atoms with Crippen LogP contribution in [0.4, 0.5) is 0 Å². The summed E-state index contributed by atoms with van der Waals surface area (Å²) in [7, 11) is 0. The molecule has 2 aliphatic rings. The van der Waals surface area contributed by atoms with Gasteiger partial charge in [0.05, 0.1) is 0 Å². The maximum atomic E-state index is 12.7. The highest BCUT2D eigenvalue weighted by Gasteiger charge is 2.31. The highest BCUT2D eigenvalue weighted by atomic mass is 32.1. The Bertz CT molecular complexity index is 867. The van der Waals surface area contributed by atoms with Gasteiger partial charge in [0.2, 0.25) is 5.91 Å². The molecule has 2 aliphatic heterocycles. The van der Waals surface area contributed by atoms with Crippen LogP contribution in [0.2, 0.25) is 0 Å². The molecule has 2 saturated heterocycles. The molecule has 1 unspecified atom stereocenters. The van der Waals surface area contributed by atoms with Crippen molar-refractivity contribution in [1.82, 2.24) is 24.6 Å². The Balaban J connectivity index is 1.40. The van der Waals surface area contributed by atoms with Crippen LogP contribution in [-0.4, -0.2) is 62.7 Å². The molecule has 0 aliphatic carbocycles. The molecule has 0 spiro atoms. The number of hydrogen-bond acceptors (Lipinski definition) is 4. The van der Waals surface area contributed by atoms with Crippen molar-refractivity contribution in [2.75, 3.05) is 26.2 Å².